The molecular formula is C25H35N5O3S. The number of anilines is 2. The van der Waals surface area contributed by atoms with Crippen LogP contribution in [0.25, 0.3) is 0 Å². The van der Waals surface area contributed by atoms with Gasteiger partial charge in [0.25, 0.3) is 0 Å². The SMILES string of the molecule is CCCc1cnc(Nc2cccc(C3CCN(C(=O)[C@@H]4CCCCN4C(=O)COC)CC3)n2)s1. The fourth-order valence-electron chi connectivity index (χ4n) is 4.88. The Kier molecular flexibility index (Phi) is 8.50. The molecule has 2 aliphatic rings. The number of likely N-dealkylation sites (tertiary alicyclic amines) is 2. The van der Waals surface area contributed by atoms with E-state index in [0.29, 0.717) is 25.6 Å². The van der Waals surface area contributed by atoms with Gasteiger partial charge >= 0.3 is 0 Å². The highest BCUT2D eigenvalue weighted by Gasteiger charge is 2.36. The Morgan fingerprint density at radius 1 is 1.18 bits per heavy atom. The number of methoxy groups -OCH3 is 1. The lowest BCUT2D eigenvalue weighted by Gasteiger charge is -2.40. The van der Waals surface area contributed by atoms with Crippen molar-refractivity contribution in [1.82, 2.24) is 19.8 Å². The molecular weight excluding hydrogens is 450 g/mol. The molecule has 1 N–H and O–H groups in total. The third kappa shape index (κ3) is 5.93. The van der Waals surface area contributed by atoms with E-state index in [4.69, 9.17) is 9.72 Å². The number of carbonyl (C=O) groups excluding carboxylic acids is 2. The van der Waals surface area contributed by atoms with Crippen LogP contribution >= 0.6 is 11.3 Å². The highest BCUT2D eigenvalue weighted by atomic mass is 32.1. The number of thiazole rings is 1. The molecule has 4 heterocycles. The highest BCUT2D eigenvalue weighted by Crippen LogP contribution is 2.30. The molecule has 1 atom stereocenters. The molecule has 0 radical (unpaired) electrons. The Labute approximate surface area is 205 Å². The van der Waals surface area contributed by atoms with Gasteiger partial charge in [0, 0.05) is 49.4 Å². The second-order valence-electron chi connectivity index (χ2n) is 9.09. The Bertz CT molecular complexity index is 973. The van der Waals surface area contributed by atoms with E-state index in [9.17, 15) is 9.59 Å². The lowest BCUT2D eigenvalue weighted by Crippen LogP contribution is -2.55. The number of ether oxygens (including phenoxy) is 1. The number of nitrogens with zero attached hydrogens (tertiary/aromatic N) is 4. The average Bonchev–Trinajstić information content (AvgIpc) is 3.31. The second-order valence-corrected chi connectivity index (χ2v) is 10.2. The van der Waals surface area contributed by atoms with E-state index >= 15 is 0 Å². The monoisotopic (exact) mass is 485 g/mol. The molecule has 0 spiro atoms. The van der Waals surface area contributed by atoms with Gasteiger partial charge in [0.15, 0.2) is 5.13 Å². The van der Waals surface area contributed by atoms with Crippen molar-refractivity contribution in [1.29, 1.82) is 0 Å². The van der Waals surface area contributed by atoms with Crippen LogP contribution in [-0.4, -0.2) is 71.0 Å². The summed E-state index contributed by atoms with van der Waals surface area (Å²) in [6.07, 6.45) is 8.49. The Balaban J connectivity index is 1.34. The fourth-order valence-corrected chi connectivity index (χ4v) is 5.81. The number of hydrogen-bond donors (Lipinski definition) is 1. The topological polar surface area (TPSA) is 87.7 Å². The van der Waals surface area contributed by atoms with Gasteiger partial charge in [0.05, 0.1) is 0 Å². The van der Waals surface area contributed by atoms with Gasteiger partial charge in [-0.25, -0.2) is 9.97 Å². The molecule has 0 aliphatic carbocycles. The van der Waals surface area contributed by atoms with E-state index < -0.39 is 0 Å². The molecule has 2 amide bonds. The molecule has 2 fully saturated rings. The van der Waals surface area contributed by atoms with Crippen molar-refractivity contribution < 1.29 is 14.3 Å². The highest BCUT2D eigenvalue weighted by molar-refractivity contribution is 7.15. The minimum Gasteiger partial charge on any atom is -0.375 e. The maximum Gasteiger partial charge on any atom is 0.249 e. The normalized spacial score (nSPS) is 19.3. The van der Waals surface area contributed by atoms with Crippen LogP contribution < -0.4 is 5.32 Å². The van der Waals surface area contributed by atoms with Gasteiger partial charge in [-0.3, -0.25) is 9.59 Å². The summed E-state index contributed by atoms with van der Waals surface area (Å²) >= 11 is 1.67. The molecule has 4 rings (SSSR count). The van der Waals surface area contributed by atoms with Gasteiger partial charge in [-0.1, -0.05) is 19.4 Å². The van der Waals surface area contributed by atoms with E-state index in [1.807, 2.05) is 23.2 Å². The zero-order valence-electron chi connectivity index (χ0n) is 20.2. The third-order valence-electron chi connectivity index (χ3n) is 6.66. The standard InChI is InChI=1S/C25H35N5O3S/c1-3-7-19-16-26-25(34-19)28-22-10-6-8-20(27-22)18-11-14-29(15-12-18)24(32)21-9-4-5-13-30(21)23(31)17-33-2/h6,8,10,16,18,21H,3-5,7,9,11-15,17H2,1-2H3,(H,26,27,28)/t21-/m0/s1. The first-order valence-corrected chi connectivity index (χ1v) is 13.2. The predicted molar refractivity (Wildman–Crippen MR) is 133 cm³/mol. The molecule has 0 saturated carbocycles. The number of nitrogens with one attached hydrogen (secondary N) is 1. The van der Waals surface area contributed by atoms with Crippen LogP contribution in [0.15, 0.2) is 24.4 Å². The first-order chi connectivity index (χ1) is 16.6. The molecule has 0 bridgehead atoms. The molecule has 2 aromatic heterocycles. The van der Waals surface area contributed by atoms with Crippen molar-refractivity contribution in [3.63, 3.8) is 0 Å². The van der Waals surface area contributed by atoms with E-state index in [1.54, 1.807) is 16.2 Å². The molecule has 8 nitrogen and oxygen atoms in total. The van der Waals surface area contributed by atoms with Crippen LogP contribution in [0.2, 0.25) is 0 Å². The van der Waals surface area contributed by atoms with Crippen molar-refractivity contribution in [2.45, 2.75) is 63.8 Å². The lowest BCUT2D eigenvalue weighted by molar-refractivity contribution is -0.150. The summed E-state index contributed by atoms with van der Waals surface area (Å²) in [7, 11) is 1.52. The minimum absolute atomic E-state index is 0.0306. The van der Waals surface area contributed by atoms with Gasteiger partial charge in [-0.15, -0.1) is 11.3 Å². The number of aromatic nitrogens is 2. The third-order valence-corrected chi connectivity index (χ3v) is 7.63. The average molecular weight is 486 g/mol. The predicted octanol–water partition coefficient (Wildman–Crippen LogP) is 3.97. The van der Waals surface area contributed by atoms with E-state index in [1.165, 1.54) is 12.0 Å². The van der Waals surface area contributed by atoms with E-state index in [0.717, 1.165) is 61.6 Å². The second kappa shape index (κ2) is 11.8. The number of aryl methyl sites for hydroxylation is 1. The summed E-state index contributed by atoms with van der Waals surface area (Å²) < 4.78 is 5.02. The van der Waals surface area contributed by atoms with Crippen molar-refractivity contribution in [2.24, 2.45) is 0 Å². The summed E-state index contributed by atoms with van der Waals surface area (Å²) in [5.74, 6) is 1.11. The Hall–Kier alpha value is -2.52. The lowest BCUT2D eigenvalue weighted by atomic mass is 9.92. The van der Waals surface area contributed by atoms with Crippen LogP contribution in [0.3, 0.4) is 0 Å². The Morgan fingerprint density at radius 3 is 2.76 bits per heavy atom. The maximum absolute atomic E-state index is 13.3. The number of hydrogen-bond acceptors (Lipinski definition) is 7. The van der Waals surface area contributed by atoms with Crippen LogP contribution in [0.1, 0.15) is 61.9 Å². The van der Waals surface area contributed by atoms with Gasteiger partial charge < -0.3 is 19.9 Å². The maximum atomic E-state index is 13.3. The number of rotatable bonds is 8. The zero-order valence-corrected chi connectivity index (χ0v) is 21.0. The molecule has 0 aromatic carbocycles. The van der Waals surface area contributed by atoms with E-state index in [-0.39, 0.29) is 24.5 Å². The Morgan fingerprint density at radius 2 is 2.00 bits per heavy atom. The molecule has 2 saturated heterocycles. The number of amides is 2. The zero-order chi connectivity index (χ0) is 23.9. The molecule has 184 valence electrons. The van der Waals surface area contributed by atoms with Crippen molar-refractivity contribution >= 4 is 34.1 Å². The van der Waals surface area contributed by atoms with Gasteiger partial charge in [0.1, 0.15) is 18.5 Å². The van der Waals surface area contributed by atoms with Crippen LogP contribution in [-0.2, 0) is 20.7 Å². The smallest absolute Gasteiger partial charge is 0.249 e. The number of pyridine rings is 1. The van der Waals surface area contributed by atoms with Crippen LogP contribution in [0.5, 0.6) is 0 Å². The molecule has 0 unspecified atom stereocenters. The van der Waals surface area contributed by atoms with Gasteiger partial charge in [-0.05, 0) is 50.7 Å². The summed E-state index contributed by atoms with van der Waals surface area (Å²) in [6, 6.07) is 5.72. The number of piperidine rings is 2. The number of carbonyl (C=O) groups is 2. The molecule has 34 heavy (non-hydrogen) atoms. The van der Waals surface area contributed by atoms with Crippen LogP contribution in [0, 0.1) is 0 Å². The summed E-state index contributed by atoms with van der Waals surface area (Å²) in [4.78, 5) is 40.0. The van der Waals surface area contributed by atoms with E-state index in [2.05, 4.69) is 23.3 Å². The first-order valence-electron chi connectivity index (χ1n) is 12.3. The van der Waals surface area contributed by atoms with Crippen LogP contribution in [0.4, 0.5) is 10.9 Å². The van der Waals surface area contributed by atoms with Crippen molar-refractivity contribution in [3.05, 3.63) is 35.0 Å². The minimum atomic E-state index is -0.352. The largest absolute Gasteiger partial charge is 0.375 e. The molecule has 2 aliphatic heterocycles. The van der Waals surface area contributed by atoms with Gasteiger partial charge in [-0.2, -0.15) is 0 Å². The van der Waals surface area contributed by atoms with Gasteiger partial charge in [0.2, 0.25) is 11.8 Å². The summed E-state index contributed by atoms with van der Waals surface area (Å²) in [5, 5.41) is 4.21. The quantitative estimate of drug-likeness (QED) is 0.609. The fraction of sp³-hybridized carbons (Fsp3) is 0.600. The molecule has 2 aromatic rings. The summed E-state index contributed by atoms with van der Waals surface area (Å²) in [5.41, 5.74) is 1.05. The van der Waals surface area contributed by atoms with Crippen molar-refractivity contribution in [2.75, 3.05) is 38.7 Å². The van der Waals surface area contributed by atoms with Crippen molar-refractivity contribution in [3.8, 4) is 0 Å². The summed E-state index contributed by atoms with van der Waals surface area (Å²) in [6.45, 7) is 4.22. The first kappa shape index (κ1) is 24.6. The molecule has 9 heteroatoms.